The summed E-state index contributed by atoms with van der Waals surface area (Å²) in [5.41, 5.74) is 0. The highest BCUT2D eigenvalue weighted by Crippen LogP contribution is 2.22. The molecule has 7 heteroatoms. The molecule has 0 bridgehead atoms. The van der Waals surface area contributed by atoms with Crippen molar-refractivity contribution in [2.45, 2.75) is 38.3 Å². The second-order valence-electron chi connectivity index (χ2n) is 7.95. The SMILES string of the molecule is CC(C(=O)N1CCN(C(=O)c2ccco2)CC1)N1CCC(N2CCCC2)C1. The van der Waals surface area contributed by atoms with E-state index in [1.807, 2.05) is 11.8 Å². The first kappa shape index (κ1) is 18.5. The summed E-state index contributed by atoms with van der Waals surface area (Å²) in [6, 6.07) is 3.95. The van der Waals surface area contributed by atoms with Gasteiger partial charge in [0.05, 0.1) is 12.3 Å². The predicted octanol–water partition coefficient (Wildman–Crippen LogP) is 1.12. The van der Waals surface area contributed by atoms with Gasteiger partial charge in [0.1, 0.15) is 0 Å². The second kappa shape index (κ2) is 8.02. The van der Waals surface area contributed by atoms with Crippen molar-refractivity contribution < 1.29 is 14.0 Å². The van der Waals surface area contributed by atoms with Crippen LogP contribution in [-0.2, 0) is 4.79 Å². The van der Waals surface area contributed by atoms with Crippen LogP contribution < -0.4 is 0 Å². The van der Waals surface area contributed by atoms with Crippen LogP contribution in [0.15, 0.2) is 22.8 Å². The summed E-state index contributed by atoms with van der Waals surface area (Å²) in [5.74, 6) is 0.475. The maximum Gasteiger partial charge on any atom is 0.289 e. The van der Waals surface area contributed by atoms with Crippen LogP contribution in [0.2, 0.25) is 0 Å². The van der Waals surface area contributed by atoms with E-state index in [0.29, 0.717) is 38.0 Å². The van der Waals surface area contributed by atoms with Gasteiger partial charge in [0.15, 0.2) is 5.76 Å². The molecule has 4 rings (SSSR count). The molecule has 2 atom stereocenters. The van der Waals surface area contributed by atoms with Gasteiger partial charge in [-0.25, -0.2) is 0 Å². The van der Waals surface area contributed by atoms with E-state index in [0.717, 1.165) is 13.1 Å². The fourth-order valence-corrected chi connectivity index (χ4v) is 4.63. The third-order valence-corrected chi connectivity index (χ3v) is 6.37. The van der Waals surface area contributed by atoms with Crippen LogP contribution in [0.1, 0.15) is 36.7 Å². The van der Waals surface area contributed by atoms with Crippen LogP contribution in [0.25, 0.3) is 0 Å². The molecule has 3 aliphatic heterocycles. The van der Waals surface area contributed by atoms with Gasteiger partial charge in [0.2, 0.25) is 5.91 Å². The standard InChI is InChI=1S/C20H30N4O3/c1-16(24-9-6-17(15-24)21-7-2-3-8-21)19(25)22-10-12-23(13-11-22)20(26)18-5-4-14-27-18/h4-5,14,16-17H,2-3,6-13,15H2,1H3. The molecular weight excluding hydrogens is 344 g/mol. The zero-order chi connectivity index (χ0) is 18.8. The fourth-order valence-electron chi connectivity index (χ4n) is 4.63. The molecule has 0 aromatic carbocycles. The molecule has 0 spiro atoms. The van der Waals surface area contributed by atoms with E-state index in [-0.39, 0.29) is 17.9 Å². The summed E-state index contributed by atoms with van der Waals surface area (Å²) in [6.07, 6.45) is 5.31. The number of hydrogen-bond donors (Lipinski definition) is 0. The van der Waals surface area contributed by atoms with E-state index < -0.39 is 0 Å². The molecule has 0 N–H and O–H groups in total. The van der Waals surface area contributed by atoms with Crippen molar-refractivity contribution in [3.63, 3.8) is 0 Å². The molecule has 0 saturated carbocycles. The maximum atomic E-state index is 13.0. The van der Waals surface area contributed by atoms with E-state index in [1.54, 1.807) is 17.0 Å². The van der Waals surface area contributed by atoms with Crippen molar-refractivity contribution >= 4 is 11.8 Å². The Hall–Kier alpha value is -1.86. The minimum Gasteiger partial charge on any atom is -0.459 e. The van der Waals surface area contributed by atoms with Crippen molar-refractivity contribution in [2.75, 3.05) is 52.4 Å². The third kappa shape index (κ3) is 3.89. The molecular formula is C20H30N4O3. The van der Waals surface area contributed by atoms with Gasteiger partial charge in [0.25, 0.3) is 5.91 Å². The molecule has 7 nitrogen and oxygen atoms in total. The molecule has 2 amide bonds. The van der Waals surface area contributed by atoms with Gasteiger partial charge < -0.3 is 14.2 Å². The second-order valence-corrected chi connectivity index (χ2v) is 7.95. The summed E-state index contributed by atoms with van der Waals surface area (Å²) >= 11 is 0. The Morgan fingerprint density at radius 1 is 1.04 bits per heavy atom. The van der Waals surface area contributed by atoms with Gasteiger partial charge in [-0.2, -0.15) is 0 Å². The Morgan fingerprint density at radius 3 is 2.41 bits per heavy atom. The predicted molar refractivity (Wildman–Crippen MR) is 101 cm³/mol. The molecule has 3 saturated heterocycles. The smallest absolute Gasteiger partial charge is 0.289 e. The summed E-state index contributed by atoms with van der Waals surface area (Å²) in [4.78, 5) is 33.9. The monoisotopic (exact) mass is 374 g/mol. The zero-order valence-corrected chi connectivity index (χ0v) is 16.2. The lowest BCUT2D eigenvalue weighted by Gasteiger charge is -2.37. The van der Waals surface area contributed by atoms with E-state index >= 15 is 0 Å². The number of carbonyl (C=O) groups is 2. The molecule has 2 unspecified atom stereocenters. The first-order valence-corrected chi connectivity index (χ1v) is 10.2. The first-order valence-electron chi connectivity index (χ1n) is 10.2. The van der Waals surface area contributed by atoms with Crippen LogP contribution >= 0.6 is 0 Å². The minimum atomic E-state index is -0.0897. The molecule has 148 valence electrons. The average molecular weight is 374 g/mol. The number of hydrogen-bond acceptors (Lipinski definition) is 5. The largest absolute Gasteiger partial charge is 0.459 e. The molecule has 3 fully saturated rings. The van der Waals surface area contributed by atoms with Gasteiger partial charge in [-0.15, -0.1) is 0 Å². The maximum absolute atomic E-state index is 13.0. The average Bonchev–Trinajstić information content (AvgIpc) is 3.47. The lowest BCUT2D eigenvalue weighted by atomic mass is 10.2. The summed E-state index contributed by atoms with van der Waals surface area (Å²) in [6.45, 7) is 8.80. The van der Waals surface area contributed by atoms with E-state index in [2.05, 4.69) is 9.80 Å². The van der Waals surface area contributed by atoms with E-state index in [4.69, 9.17) is 4.42 Å². The minimum absolute atomic E-state index is 0.0788. The Balaban J connectivity index is 1.27. The number of furan rings is 1. The van der Waals surface area contributed by atoms with Crippen LogP contribution in [0.3, 0.4) is 0 Å². The molecule has 3 aliphatic rings. The van der Waals surface area contributed by atoms with Crippen LogP contribution in [0, 0.1) is 0 Å². The van der Waals surface area contributed by atoms with Crippen LogP contribution in [-0.4, -0.2) is 95.9 Å². The Bertz CT molecular complexity index is 648. The summed E-state index contributed by atoms with van der Waals surface area (Å²) < 4.78 is 5.20. The fraction of sp³-hybridized carbons (Fsp3) is 0.700. The van der Waals surface area contributed by atoms with Gasteiger partial charge in [-0.05, 0) is 51.4 Å². The lowest BCUT2D eigenvalue weighted by Crippen LogP contribution is -2.55. The van der Waals surface area contributed by atoms with E-state index in [9.17, 15) is 9.59 Å². The molecule has 27 heavy (non-hydrogen) atoms. The topological polar surface area (TPSA) is 60.2 Å². The Labute approximate surface area is 160 Å². The quantitative estimate of drug-likeness (QED) is 0.791. The van der Waals surface area contributed by atoms with Gasteiger partial charge in [0, 0.05) is 45.3 Å². The Morgan fingerprint density at radius 2 is 1.74 bits per heavy atom. The molecule has 0 radical (unpaired) electrons. The number of rotatable bonds is 4. The number of carbonyl (C=O) groups excluding carboxylic acids is 2. The number of piperazine rings is 1. The van der Waals surface area contributed by atoms with E-state index in [1.165, 1.54) is 38.6 Å². The van der Waals surface area contributed by atoms with Gasteiger partial charge >= 0.3 is 0 Å². The number of amides is 2. The van der Waals surface area contributed by atoms with Crippen molar-refractivity contribution in [1.82, 2.24) is 19.6 Å². The van der Waals surface area contributed by atoms with Crippen molar-refractivity contribution in [3.8, 4) is 0 Å². The van der Waals surface area contributed by atoms with Gasteiger partial charge in [-0.1, -0.05) is 0 Å². The zero-order valence-electron chi connectivity index (χ0n) is 16.2. The summed E-state index contributed by atoms with van der Waals surface area (Å²) in [7, 11) is 0. The normalized spacial score (nSPS) is 25.9. The first-order chi connectivity index (χ1) is 13.1. The number of likely N-dealkylation sites (tertiary alicyclic amines) is 2. The Kier molecular flexibility index (Phi) is 5.50. The third-order valence-electron chi connectivity index (χ3n) is 6.37. The molecule has 1 aromatic rings. The summed E-state index contributed by atoms with van der Waals surface area (Å²) in [5, 5.41) is 0. The van der Waals surface area contributed by atoms with Crippen LogP contribution in [0.4, 0.5) is 0 Å². The van der Waals surface area contributed by atoms with Crippen molar-refractivity contribution in [2.24, 2.45) is 0 Å². The van der Waals surface area contributed by atoms with Crippen molar-refractivity contribution in [3.05, 3.63) is 24.2 Å². The highest BCUT2D eigenvalue weighted by Gasteiger charge is 2.36. The lowest BCUT2D eigenvalue weighted by molar-refractivity contribution is -0.137. The molecule has 0 aliphatic carbocycles. The highest BCUT2D eigenvalue weighted by atomic mass is 16.3. The highest BCUT2D eigenvalue weighted by molar-refractivity contribution is 5.91. The van der Waals surface area contributed by atoms with Gasteiger partial charge in [-0.3, -0.25) is 19.4 Å². The molecule has 1 aromatic heterocycles. The van der Waals surface area contributed by atoms with Crippen molar-refractivity contribution in [1.29, 1.82) is 0 Å². The molecule has 4 heterocycles. The van der Waals surface area contributed by atoms with Crippen LogP contribution in [0.5, 0.6) is 0 Å². The number of nitrogens with zero attached hydrogens (tertiary/aromatic N) is 4.